The predicted molar refractivity (Wildman–Crippen MR) is 65.6 cm³/mol. The van der Waals surface area contributed by atoms with Crippen molar-refractivity contribution in [3.8, 4) is 0 Å². The number of halogens is 2. The molecule has 0 saturated carbocycles. The topological polar surface area (TPSA) is 66.4 Å². The molecule has 0 unspecified atom stereocenters. The highest BCUT2D eigenvalue weighted by Gasteiger charge is 2.16. The Bertz CT molecular complexity index is 654. The molecule has 0 bridgehead atoms. The van der Waals surface area contributed by atoms with Gasteiger partial charge in [0.2, 0.25) is 0 Å². The van der Waals surface area contributed by atoms with Crippen LogP contribution in [0.25, 0.3) is 0 Å². The zero-order valence-electron chi connectivity index (χ0n) is 9.31. The number of carbonyl (C=O) groups is 2. The van der Waals surface area contributed by atoms with Crippen molar-refractivity contribution in [1.82, 2.24) is 0 Å². The van der Waals surface area contributed by atoms with E-state index in [4.69, 9.17) is 5.11 Å². The Morgan fingerprint density at radius 3 is 2.53 bits per heavy atom. The van der Waals surface area contributed by atoms with Crippen LogP contribution in [0.3, 0.4) is 0 Å². The lowest BCUT2D eigenvalue weighted by atomic mass is 10.2. The van der Waals surface area contributed by atoms with Gasteiger partial charge in [-0.15, -0.1) is 11.3 Å². The molecule has 0 spiro atoms. The number of thiophene rings is 1. The molecule has 4 nitrogen and oxygen atoms in total. The number of nitrogens with one attached hydrogen (secondary N) is 1. The summed E-state index contributed by atoms with van der Waals surface area (Å²) >= 11 is 0.826. The lowest BCUT2D eigenvalue weighted by Gasteiger charge is -2.04. The summed E-state index contributed by atoms with van der Waals surface area (Å²) in [5, 5.41) is 11.3. The van der Waals surface area contributed by atoms with Gasteiger partial charge in [0.15, 0.2) is 11.6 Å². The zero-order valence-corrected chi connectivity index (χ0v) is 10.1. The number of carbonyl (C=O) groups excluding carboxylic acids is 1. The number of carboxylic acid groups (broad SMARTS) is 1. The van der Waals surface area contributed by atoms with Crippen molar-refractivity contribution < 1.29 is 23.5 Å². The number of anilines is 1. The summed E-state index contributed by atoms with van der Waals surface area (Å²) in [6.45, 7) is 0. The second-order valence-corrected chi connectivity index (χ2v) is 4.61. The summed E-state index contributed by atoms with van der Waals surface area (Å²) in [6.07, 6.45) is 0. The smallest absolute Gasteiger partial charge is 0.345 e. The van der Waals surface area contributed by atoms with E-state index in [0.717, 1.165) is 23.5 Å². The van der Waals surface area contributed by atoms with Crippen molar-refractivity contribution >= 4 is 28.2 Å². The Labute approximate surface area is 110 Å². The van der Waals surface area contributed by atoms with Crippen LogP contribution in [-0.2, 0) is 0 Å². The monoisotopic (exact) mass is 283 g/mol. The first kappa shape index (κ1) is 13.2. The molecule has 0 aliphatic rings. The normalized spacial score (nSPS) is 10.2. The molecule has 0 aliphatic carbocycles. The van der Waals surface area contributed by atoms with Crippen molar-refractivity contribution in [2.75, 3.05) is 5.32 Å². The first-order chi connectivity index (χ1) is 8.99. The summed E-state index contributed by atoms with van der Waals surface area (Å²) in [6, 6.07) is 5.94. The number of benzene rings is 1. The van der Waals surface area contributed by atoms with Gasteiger partial charge in [0.1, 0.15) is 4.88 Å². The fourth-order valence-corrected chi connectivity index (χ4v) is 2.12. The largest absolute Gasteiger partial charge is 0.477 e. The van der Waals surface area contributed by atoms with Crippen LogP contribution in [0.1, 0.15) is 20.0 Å². The van der Waals surface area contributed by atoms with Crippen molar-refractivity contribution in [3.05, 3.63) is 52.4 Å². The molecule has 1 aromatic carbocycles. The lowest BCUT2D eigenvalue weighted by molar-refractivity contribution is 0.0702. The molecule has 2 aromatic rings. The Balaban J connectivity index is 2.21. The predicted octanol–water partition coefficient (Wildman–Crippen LogP) is 2.98. The maximum absolute atomic E-state index is 13.4. The third-order valence-corrected chi connectivity index (χ3v) is 3.24. The maximum atomic E-state index is 13.4. The molecule has 19 heavy (non-hydrogen) atoms. The number of aromatic carboxylic acids is 1. The van der Waals surface area contributed by atoms with Gasteiger partial charge >= 0.3 is 5.97 Å². The molecule has 0 atom stereocenters. The van der Waals surface area contributed by atoms with Crippen molar-refractivity contribution in [2.24, 2.45) is 0 Å². The van der Waals surface area contributed by atoms with E-state index in [2.05, 4.69) is 5.32 Å². The highest BCUT2D eigenvalue weighted by molar-refractivity contribution is 7.18. The molecule has 2 N–H and O–H groups in total. The van der Waals surface area contributed by atoms with Gasteiger partial charge in [-0.3, -0.25) is 4.79 Å². The Hall–Kier alpha value is -2.28. The van der Waals surface area contributed by atoms with E-state index in [1.54, 1.807) is 0 Å². The molecule has 1 heterocycles. The van der Waals surface area contributed by atoms with Gasteiger partial charge in [0, 0.05) is 0 Å². The van der Waals surface area contributed by atoms with Gasteiger partial charge in [-0.1, -0.05) is 6.07 Å². The van der Waals surface area contributed by atoms with Crippen LogP contribution < -0.4 is 5.32 Å². The Morgan fingerprint density at radius 2 is 1.89 bits per heavy atom. The minimum absolute atomic E-state index is 0.0371. The number of hydrogen-bond donors (Lipinski definition) is 2. The molecule has 2 rings (SSSR count). The van der Waals surface area contributed by atoms with Gasteiger partial charge in [-0.05, 0) is 24.3 Å². The SMILES string of the molecule is O=C(O)c1ccc(NC(=O)c2cccc(F)c2F)s1. The minimum atomic E-state index is -1.24. The van der Waals surface area contributed by atoms with E-state index in [1.165, 1.54) is 18.2 Å². The van der Waals surface area contributed by atoms with Crippen molar-refractivity contribution in [1.29, 1.82) is 0 Å². The van der Waals surface area contributed by atoms with Crippen molar-refractivity contribution in [3.63, 3.8) is 0 Å². The van der Waals surface area contributed by atoms with E-state index in [9.17, 15) is 18.4 Å². The van der Waals surface area contributed by atoms with Crippen LogP contribution in [0.5, 0.6) is 0 Å². The third kappa shape index (κ3) is 2.76. The molecule has 1 amide bonds. The molecular weight excluding hydrogens is 276 g/mol. The first-order valence-corrected chi connectivity index (χ1v) is 5.89. The lowest BCUT2D eigenvalue weighted by Crippen LogP contribution is -2.13. The summed E-state index contributed by atoms with van der Waals surface area (Å²) in [5.41, 5.74) is -0.440. The maximum Gasteiger partial charge on any atom is 0.345 e. The number of rotatable bonds is 3. The van der Waals surface area contributed by atoms with Gasteiger partial charge in [-0.2, -0.15) is 0 Å². The number of hydrogen-bond acceptors (Lipinski definition) is 3. The minimum Gasteiger partial charge on any atom is -0.477 e. The van der Waals surface area contributed by atoms with Crippen molar-refractivity contribution in [2.45, 2.75) is 0 Å². The molecule has 0 radical (unpaired) electrons. The zero-order chi connectivity index (χ0) is 14.0. The van der Waals surface area contributed by atoms with Gasteiger partial charge < -0.3 is 10.4 Å². The molecular formula is C12H7F2NO3S. The molecule has 7 heteroatoms. The van der Waals surface area contributed by atoms with E-state index in [-0.39, 0.29) is 9.88 Å². The molecule has 0 fully saturated rings. The van der Waals surface area contributed by atoms with Gasteiger partial charge in [-0.25, -0.2) is 13.6 Å². The van der Waals surface area contributed by atoms with Crippen LogP contribution in [0, 0.1) is 11.6 Å². The molecule has 0 saturated heterocycles. The molecule has 98 valence electrons. The molecule has 0 aliphatic heterocycles. The van der Waals surface area contributed by atoms with Crippen LogP contribution in [-0.4, -0.2) is 17.0 Å². The fourth-order valence-electron chi connectivity index (χ4n) is 1.38. The summed E-state index contributed by atoms with van der Waals surface area (Å²) in [4.78, 5) is 22.4. The average Bonchev–Trinajstić information content (AvgIpc) is 2.81. The van der Waals surface area contributed by atoms with E-state index < -0.39 is 29.1 Å². The number of carboxylic acids is 1. The van der Waals surface area contributed by atoms with Gasteiger partial charge in [0.25, 0.3) is 5.91 Å². The van der Waals surface area contributed by atoms with E-state index in [1.807, 2.05) is 0 Å². The summed E-state index contributed by atoms with van der Waals surface area (Å²) < 4.78 is 26.3. The molecule has 1 aromatic heterocycles. The highest BCUT2D eigenvalue weighted by Crippen LogP contribution is 2.23. The first-order valence-electron chi connectivity index (χ1n) is 5.07. The Kier molecular flexibility index (Phi) is 3.57. The van der Waals surface area contributed by atoms with E-state index >= 15 is 0 Å². The van der Waals surface area contributed by atoms with Crippen LogP contribution in [0.15, 0.2) is 30.3 Å². The van der Waals surface area contributed by atoms with Crippen LogP contribution in [0.2, 0.25) is 0 Å². The third-order valence-electron chi connectivity index (χ3n) is 2.25. The van der Waals surface area contributed by atoms with Gasteiger partial charge in [0.05, 0.1) is 10.6 Å². The van der Waals surface area contributed by atoms with Crippen LogP contribution in [0.4, 0.5) is 13.8 Å². The second-order valence-electron chi connectivity index (χ2n) is 3.52. The fraction of sp³-hybridized carbons (Fsp3) is 0. The second kappa shape index (κ2) is 5.15. The van der Waals surface area contributed by atoms with E-state index in [0.29, 0.717) is 0 Å². The number of amides is 1. The highest BCUT2D eigenvalue weighted by atomic mass is 32.1. The Morgan fingerprint density at radius 1 is 1.16 bits per heavy atom. The standard InChI is InChI=1S/C12H7F2NO3S/c13-7-3-1-2-6(10(7)14)11(16)15-9-5-4-8(19-9)12(17)18/h1-5H,(H,15,16)(H,17,18). The summed E-state index contributed by atoms with van der Waals surface area (Å²) in [7, 11) is 0. The summed E-state index contributed by atoms with van der Waals surface area (Å²) in [5.74, 6) is -4.32. The quantitative estimate of drug-likeness (QED) is 0.910. The average molecular weight is 283 g/mol. The van der Waals surface area contributed by atoms with Crippen LogP contribution >= 0.6 is 11.3 Å².